The molecule has 1 unspecified atom stereocenters. The van der Waals surface area contributed by atoms with Crippen LogP contribution in [0.15, 0.2) is 49.1 Å². The summed E-state index contributed by atoms with van der Waals surface area (Å²) in [5.74, 6) is -0.871. The van der Waals surface area contributed by atoms with E-state index in [1.807, 2.05) is 0 Å². The molecule has 0 fully saturated rings. The fourth-order valence-corrected chi connectivity index (χ4v) is 1.59. The molecule has 0 aromatic heterocycles. The van der Waals surface area contributed by atoms with E-state index in [0.29, 0.717) is 17.9 Å². The average molecular weight is 289 g/mol. The lowest BCUT2D eigenvalue weighted by Gasteiger charge is -2.13. The van der Waals surface area contributed by atoms with Crippen molar-refractivity contribution in [2.75, 3.05) is 6.61 Å². The molecule has 1 amide bonds. The molecule has 0 bridgehead atoms. The number of hydrogen-bond acceptors (Lipinski definition) is 3. The number of nitrogens with one attached hydrogen (secondary N) is 1. The van der Waals surface area contributed by atoms with Crippen molar-refractivity contribution < 1.29 is 19.4 Å². The molecule has 0 saturated heterocycles. The third kappa shape index (κ3) is 5.52. The number of amides is 1. The topological polar surface area (TPSA) is 75.6 Å². The lowest BCUT2D eigenvalue weighted by Crippen LogP contribution is -2.40. The summed E-state index contributed by atoms with van der Waals surface area (Å²) in [6.07, 6.45) is 5.32. The van der Waals surface area contributed by atoms with Crippen LogP contribution in [-0.2, 0) is 4.79 Å². The molecule has 0 radical (unpaired) electrons. The predicted octanol–water partition coefficient (Wildman–Crippen LogP) is 2.40. The quantitative estimate of drug-likeness (QED) is 0.721. The number of carbonyl (C=O) groups is 2. The van der Waals surface area contributed by atoms with E-state index >= 15 is 0 Å². The lowest BCUT2D eigenvalue weighted by molar-refractivity contribution is -0.139. The van der Waals surface area contributed by atoms with Gasteiger partial charge in [-0.15, -0.1) is 0 Å². The Kier molecular flexibility index (Phi) is 6.74. The highest BCUT2D eigenvalue weighted by molar-refractivity contribution is 5.96. The van der Waals surface area contributed by atoms with Gasteiger partial charge in [-0.05, 0) is 37.6 Å². The van der Waals surface area contributed by atoms with Crippen LogP contribution in [0.4, 0.5) is 0 Å². The SMILES string of the molecule is C=CCOc1ccc(C(=O)NC(C/C=C/C)C(=O)O)cc1. The van der Waals surface area contributed by atoms with E-state index in [-0.39, 0.29) is 6.42 Å². The van der Waals surface area contributed by atoms with Crippen molar-refractivity contribution in [2.24, 2.45) is 0 Å². The van der Waals surface area contributed by atoms with Crippen molar-refractivity contribution in [3.05, 3.63) is 54.6 Å². The second kappa shape index (κ2) is 8.58. The lowest BCUT2D eigenvalue weighted by atomic mass is 10.1. The first kappa shape index (κ1) is 16.5. The first-order chi connectivity index (χ1) is 10.1. The summed E-state index contributed by atoms with van der Waals surface area (Å²) in [4.78, 5) is 23.1. The number of carboxylic acids is 1. The molecule has 0 heterocycles. The summed E-state index contributed by atoms with van der Waals surface area (Å²) in [6, 6.07) is 5.54. The van der Waals surface area contributed by atoms with Crippen LogP contribution >= 0.6 is 0 Å². The first-order valence-electron chi connectivity index (χ1n) is 6.57. The van der Waals surface area contributed by atoms with E-state index in [9.17, 15) is 9.59 Å². The van der Waals surface area contributed by atoms with Gasteiger partial charge in [0.25, 0.3) is 5.91 Å². The first-order valence-corrected chi connectivity index (χ1v) is 6.57. The Balaban J connectivity index is 2.68. The Bertz CT molecular complexity index is 520. The molecular weight excluding hydrogens is 270 g/mol. The van der Waals surface area contributed by atoms with Crippen LogP contribution in [0.1, 0.15) is 23.7 Å². The summed E-state index contributed by atoms with van der Waals surface area (Å²) in [6.45, 7) is 5.72. The summed E-state index contributed by atoms with van der Waals surface area (Å²) in [5, 5.41) is 11.5. The molecule has 0 saturated carbocycles. The van der Waals surface area contributed by atoms with E-state index < -0.39 is 17.9 Å². The minimum atomic E-state index is -1.06. The summed E-state index contributed by atoms with van der Waals surface area (Å²) in [7, 11) is 0. The molecule has 112 valence electrons. The second-order valence-corrected chi connectivity index (χ2v) is 4.29. The molecule has 21 heavy (non-hydrogen) atoms. The fourth-order valence-electron chi connectivity index (χ4n) is 1.59. The Morgan fingerprint density at radius 1 is 1.38 bits per heavy atom. The molecule has 1 aromatic carbocycles. The predicted molar refractivity (Wildman–Crippen MR) is 80.5 cm³/mol. The summed E-state index contributed by atoms with van der Waals surface area (Å²) >= 11 is 0. The maximum atomic E-state index is 12.0. The monoisotopic (exact) mass is 289 g/mol. The van der Waals surface area contributed by atoms with Crippen molar-refractivity contribution in [1.29, 1.82) is 0 Å². The van der Waals surface area contributed by atoms with Gasteiger partial charge in [0.2, 0.25) is 0 Å². The van der Waals surface area contributed by atoms with Crippen LogP contribution < -0.4 is 10.1 Å². The Morgan fingerprint density at radius 2 is 2.05 bits per heavy atom. The number of carboxylic acid groups (broad SMARTS) is 1. The van der Waals surface area contributed by atoms with Gasteiger partial charge in [-0.25, -0.2) is 4.79 Å². The van der Waals surface area contributed by atoms with Crippen molar-refractivity contribution in [3.8, 4) is 5.75 Å². The van der Waals surface area contributed by atoms with E-state index in [1.54, 1.807) is 49.4 Å². The van der Waals surface area contributed by atoms with E-state index in [1.165, 1.54) is 0 Å². The number of allylic oxidation sites excluding steroid dienone is 1. The highest BCUT2D eigenvalue weighted by Gasteiger charge is 2.19. The minimum absolute atomic E-state index is 0.248. The van der Waals surface area contributed by atoms with Gasteiger partial charge < -0.3 is 15.2 Å². The number of hydrogen-bond donors (Lipinski definition) is 2. The average Bonchev–Trinajstić information content (AvgIpc) is 2.49. The summed E-state index contributed by atoms with van der Waals surface area (Å²) in [5.41, 5.74) is 0.382. The Hall–Kier alpha value is -2.56. The number of aliphatic carboxylic acids is 1. The zero-order valence-electron chi connectivity index (χ0n) is 11.9. The third-order valence-electron chi connectivity index (χ3n) is 2.70. The number of benzene rings is 1. The Labute approximate surface area is 123 Å². The largest absolute Gasteiger partial charge is 0.490 e. The highest BCUT2D eigenvalue weighted by atomic mass is 16.5. The molecule has 1 atom stereocenters. The van der Waals surface area contributed by atoms with Gasteiger partial charge in [-0.3, -0.25) is 4.79 Å². The molecule has 1 rings (SSSR count). The normalized spacial score (nSPS) is 11.9. The van der Waals surface area contributed by atoms with Gasteiger partial charge in [-0.2, -0.15) is 0 Å². The maximum absolute atomic E-state index is 12.0. The molecular formula is C16H19NO4. The zero-order valence-corrected chi connectivity index (χ0v) is 11.9. The molecule has 0 aliphatic carbocycles. The van der Waals surface area contributed by atoms with Crippen molar-refractivity contribution in [1.82, 2.24) is 5.32 Å². The van der Waals surface area contributed by atoms with Crippen molar-refractivity contribution >= 4 is 11.9 Å². The standard InChI is InChI=1S/C16H19NO4/c1-3-5-6-14(16(19)20)17-15(18)12-7-9-13(10-8-12)21-11-4-2/h3-5,7-10,14H,2,6,11H2,1H3,(H,17,18)(H,19,20)/b5-3+. The van der Waals surface area contributed by atoms with Gasteiger partial charge >= 0.3 is 5.97 Å². The summed E-state index contributed by atoms with van der Waals surface area (Å²) < 4.78 is 5.31. The Morgan fingerprint density at radius 3 is 2.57 bits per heavy atom. The molecule has 5 heteroatoms. The van der Waals surface area contributed by atoms with Crippen LogP contribution in [0.2, 0.25) is 0 Å². The van der Waals surface area contributed by atoms with Crippen LogP contribution in [0.25, 0.3) is 0 Å². The number of carbonyl (C=O) groups excluding carboxylic acids is 1. The van der Waals surface area contributed by atoms with Gasteiger partial charge in [-0.1, -0.05) is 24.8 Å². The minimum Gasteiger partial charge on any atom is -0.490 e. The van der Waals surface area contributed by atoms with Crippen LogP contribution in [0.3, 0.4) is 0 Å². The van der Waals surface area contributed by atoms with E-state index in [4.69, 9.17) is 9.84 Å². The molecule has 2 N–H and O–H groups in total. The van der Waals surface area contributed by atoms with Crippen molar-refractivity contribution in [2.45, 2.75) is 19.4 Å². The molecule has 0 spiro atoms. The van der Waals surface area contributed by atoms with Crippen molar-refractivity contribution in [3.63, 3.8) is 0 Å². The smallest absolute Gasteiger partial charge is 0.326 e. The van der Waals surface area contributed by atoms with Gasteiger partial charge in [0.15, 0.2) is 0 Å². The van der Waals surface area contributed by atoms with Gasteiger partial charge in [0.1, 0.15) is 18.4 Å². The van der Waals surface area contributed by atoms with E-state index in [0.717, 1.165) is 0 Å². The molecule has 1 aromatic rings. The number of ether oxygens (including phenoxy) is 1. The molecule has 0 aliphatic heterocycles. The molecule has 5 nitrogen and oxygen atoms in total. The second-order valence-electron chi connectivity index (χ2n) is 4.29. The third-order valence-corrected chi connectivity index (χ3v) is 2.70. The van der Waals surface area contributed by atoms with Gasteiger partial charge in [0, 0.05) is 5.56 Å². The molecule has 0 aliphatic rings. The fraction of sp³-hybridized carbons (Fsp3) is 0.250. The van der Waals surface area contributed by atoms with Crippen LogP contribution in [-0.4, -0.2) is 29.6 Å². The number of rotatable bonds is 8. The highest BCUT2D eigenvalue weighted by Crippen LogP contribution is 2.12. The van der Waals surface area contributed by atoms with Crippen LogP contribution in [0, 0.1) is 0 Å². The maximum Gasteiger partial charge on any atom is 0.326 e. The van der Waals surface area contributed by atoms with E-state index in [2.05, 4.69) is 11.9 Å². The van der Waals surface area contributed by atoms with Crippen LogP contribution in [0.5, 0.6) is 5.75 Å². The van der Waals surface area contributed by atoms with Gasteiger partial charge in [0.05, 0.1) is 0 Å². The zero-order chi connectivity index (χ0) is 15.7.